The van der Waals surface area contributed by atoms with E-state index in [1.54, 1.807) is 12.3 Å². The molecule has 3 nitrogen and oxygen atoms in total. The molecule has 2 rings (SSSR count). The van der Waals surface area contributed by atoms with Crippen molar-refractivity contribution in [2.24, 2.45) is 0 Å². The van der Waals surface area contributed by atoms with Crippen LogP contribution in [0.15, 0.2) is 42.7 Å². The number of nitrogens with zero attached hydrogens (tertiary/aromatic N) is 1. The minimum Gasteiger partial charge on any atom is -0.398 e. The number of rotatable bonds is 3. The molecule has 0 bridgehead atoms. The van der Waals surface area contributed by atoms with Crippen LogP contribution in [0.4, 0.5) is 5.69 Å². The van der Waals surface area contributed by atoms with Gasteiger partial charge in [0.15, 0.2) is 5.78 Å². The molecule has 0 amide bonds. The maximum Gasteiger partial charge on any atom is 0.196 e. The zero-order chi connectivity index (χ0) is 13.1. The first-order valence-electron chi connectivity index (χ1n) is 5.93. The number of aromatic nitrogens is 1. The summed E-state index contributed by atoms with van der Waals surface area (Å²) in [6.07, 6.45) is 3.09. The van der Waals surface area contributed by atoms with Gasteiger partial charge in [0, 0.05) is 23.6 Å². The van der Waals surface area contributed by atoms with Gasteiger partial charge < -0.3 is 5.73 Å². The molecule has 1 heterocycles. The molecule has 18 heavy (non-hydrogen) atoms. The van der Waals surface area contributed by atoms with Gasteiger partial charge in [-0.2, -0.15) is 0 Å². The Hall–Kier alpha value is -2.16. The quantitative estimate of drug-likeness (QED) is 0.839. The number of benzene rings is 1. The van der Waals surface area contributed by atoms with Gasteiger partial charge in [0.05, 0.1) is 5.56 Å². The first-order valence-corrected chi connectivity index (χ1v) is 5.93. The summed E-state index contributed by atoms with van der Waals surface area (Å²) in [5.74, 6) is 0.369. The molecule has 0 radical (unpaired) electrons. The van der Waals surface area contributed by atoms with Crippen molar-refractivity contribution in [2.45, 2.75) is 19.8 Å². The van der Waals surface area contributed by atoms with E-state index >= 15 is 0 Å². The molecular weight excluding hydrogens is 224 g/mol. The van der Waals surface area contributed by atoms with Crippen molar-refractivity contribution in [1.82, 2.24) is 4.98 Å². The van der Waals surface area contributed by atoms with Gasteiger partial charge in [0.2, 0.25) is 0 Å². The highest BCUT2D eigenvalue weighted by Crippen LogP contribution is 2.18. The van der Waals surface area contributed by atoms with Gasteiger partial charge in [-0.15, -0.1) is 0 Å². The number of ketones is 1. The van der Waals surface area contributed by atoms with Gasteiger partial charge in [-0.25, -0.2) is 0 Å². The molecule has 0 unspecified atom stereocenters. The van der Waals surface area contributed by atoms with Gasteiger partial charge in [-0.1, -0.05) is 38.1 Å². The summed E-state index contributed by atoms with van der Waals surface area (Å²) < 4.78 is 0. The van der Waals surface area contributed by atoms with Crippen molar-refractivity contribution in [1.29, 1.82) is 0 Å². The van der Waals surface area contributed by atoms with E-state index in [1.165, 1.54) is 11.8 Å². The Morgan fingerprint density at radius 3 is 2.39 bits per heavy atom. The van der Waals surface area contributed by atoms with Crippen molar-refractivity contribution < 1.29 is 4.79 Å². The zero-order valence-corrected chi connectivity index (χ0v) is 10.6. The van der Waals surface area contributed by atoms with E-state index in [-0.39, 0.29) is 5.78 Å². The Kier molecular flexibility index (Phi) is 3.42. The predicted octanol–water partition coefficient (Wildman–Crippen LogP) is 3.02. The Bertz CT molecular complexity index is 559. The van der Waals surface area contributed by atoms with Crippen molar-refractivity contribution in [3.05, 3.63) is 59.4 Å². The molecule has 1 aromatic carbocycles. The normalized spacial score (nSPS) is 10.6. The summed E-state index contributed by atoms with van der Waals surface area (Å²) in [6.45, 7) is 4.24. The average Bonchev–Trinajstić information content (AvgIpc) is 2.38. The lowest BCUT2D eigenvalue weighted by Gasteiger charge is -2.07. The third kappa shape index (κ3) is 2.40. The number of carbonyl (C=O) groups excluding carboxylic acids is 1. The molecular formula is C15H16N2O. The van der Waals surface area contributed by atoms with Gasteiger partial charge >= 0.3 is 0 Å². The summed E-state index contributed by atoms with van der Waals surface area (Å²) in [5.41, 5.74) is 8.54. The number of hydrogen-bond acceptors (Lipinski definition) is 3. The Morgan fingerprint density at radius 1 is 1.17 bits per heavy atom. The van der Waals surface area contributed by atoms with Gasteiger partial charge in [0.1, 0.15) is 0 Å². The standard InChI is InChI=1S/C15H16N2O/c1-10(2)11-3-5-12(6-4-11)15(18)13-9-17-8-7-14(13)16/h3-10H,1-2H3,(H2,16,17). The van der Waals surface area contributed by atoms with E-state index in [9.17, 15) is 4.79 Å². The van der Waals surface area contributed by atoms with E-state index in [2.05, 4.69) is 18.8 Å². The Morgan fingerprint density at radius 2 is 1.83 bits per heavy atom. The van der Waals surface area contributed by atoms with E-state index in [0.717, 1.165) is 0 Å². The first kappa shape index (κ1) is 12.3. The average molecular weight is 240 g/mol. The largest absolute Gasteiger partial charge is 0.398 e. The topological polar surface area (TPSA) is 56.0 Å². The van der Waals surface area contributed by atoms with Crippen LogP contribution < -0.4 is 5.73 Å². The third-order valence-corrected chi connectivity index (χ3v) is 2.94. The van der Waals surface area contributed by atoms with Gasteiger partial charge in [-0.3, -0.25) is 9.78 Å². The molecule has 0 saturated carbocycles. The maximum atomic E-state index is 12.2. The summed E-state index contributed by atoms with van der Waals surface area (Å²) in [4.78, 5) is 16.2. The van der Waals surface area contributed by atoms with Gasteiger partial charge in [-0.05, 0) is 17.5 Å². The fourth-order valence-corrected chi connectivity index (χ4v) is 1.77. The number of pyridine rings is 1. The molecule has 0 spiro atoms. The highest BCUT2D eigenvalue weighted by molar-refractivity contribution is 6.11. The van der Waals surface area contributed by atoms with Crippen LogP contribution in [0.3, 0.4) is 0 Å². The lowest BCUT2D eigenvalue weighted by Crippen LogP contribution is -2.06. The predicted molar refractivity (Wildman–Crippen MR) is 72.6 cm³/mol. The van der Waals surface area contributed by atoms with E-state index < -0.39 is 0 Å². The number of hydrogen-bond donors (Lipinski definition) is 1. The van der Waals surface area contributed by atoms with E-state index in [0.29, 0.717) is 22.7 Å². The van der Waals surface area contributed by atoms with Crippen molar-refractivity contribution >= 4 is 11.5 Å². The molecule has 0 aliphatic heterocycles. The van der Waals surface area contributed by atoms with Crippen LogP contribution in [0.5, 0.6) is 0 Å². The molecule has 0 fully saturated rings. The second-order valence-corrected chi connectivity index (χ2v) is 4.57. The number of nitrogen functional groups attached to an aromatic ring is 1. The summed E-state index contributed by atoms with van der Waals surface area (Å²) in [6, 6.07) is 9.26. The molecule has 1 aromatic heterocycles. The van der Waals surface area contributed by atoms with Crippen LogP contribution in [-0.4, -0.2) is 10.8 Å². The van der Waals surface area contributed by atoms with Crippen molar-refractivity contribution in [3.8, 4) is 0 Å². The minimum atomic E-state index is -0.0871. The van der Waals surface area contributed by atoms with E-state index in [4.69, 9.17) is 5.73 Å². The summed E-state index contributed by atoms with van der Waals surface area (Å²) in [5, 5.41) is 0. The van der Waals surface area contributed by atoms with Crippen LogP contribution in [0.2, 0.25) is 0 Å². The number of carbonyl (C=O) groups is 1. The maximum absolute atomic E-state index is 12.2. The summed E-state index contributed by atoms with van der Waals surface area (Å²) >= 11 is 0. The van der Waals surface area contributed by atoms with Crippen LogP contribution in [0.25, 0.3) is 0 Å². The molecule has 92 valence electrons. The molecule has 2 N–H and O–H groups in total. The Balaban J connectivity index is 2.32. The molecule has 3 heteroatoms. The zero-order valence-electron chi connectivity index (χ0n) is 10.6. The molecule has 0 saturated heterocycles. The Labute approximate surface area is 107 Å². The highest BCUT2D eigenvalue weighted by atomic mass is 16.1. The van der Waals surface area contributed by atoms with Crippen LogP contribution in [0.1, 0.15) is 41.3 Å². The van der Waals surface area contributed by atoms with Crippen LogP contribution in [0, 0.1) is 0 Å². The summed E-state index contributed by atoms with van der Waals surface area (Å²) in [7, 11) is 0. The third-order valence-electron chi connectivity index (χ3n) is 2.94. The molecule has 2 aromatic rings. The first-order chi connectivity index (χ1) is 8.59. The van der Waals surface area contributed by atoms with Gasteiger partial charge in [0.25, 0.3) is 0 Å². The highest BCUT2D eigenvalue weighted by Gasteiger charge is 2.12. The molecule has 0 aliphatic rings. The second-order valence-electron chi connectivity index (χ2n) is 4.57. The van der Waals surface area contributed by atoms with Crippen molar-refractivity contribution in [3.63, 3.8) is 0 Å². The smallest absolute Gasteiger partial charge is 0.196 e. The SMILES string of the molecule is CC(C)c1ccc(C(=O)c2cnccc2N)cc1. The molecule has 0 aliphatic carbocycles. The lowest BCUT2D eigenvalue weighted by atomic mass is 9.98. The monoisotopic (exact) mass is 240 g/mol. The van der Waals surface area contributed by atoms with Crippen LogP contribution >= 0.6 is 0 Å². The van der Waals surface area contributed by atoms with Crippen LogP contribution in [-0.2, 0) is 0 Å². The lowest BCUT2D eigenvalue weighted by molar-refractivity contribution is 0.103. The fourth-order valence-electron chi connectivity index (χ4n) is 1.77. The minimum absolute atomic E-state index is 0.0871. The number of nitrogens with two attached hydrogens (primary N) is 1. The molecule has 0 atom stereocenters. The second kappa shape index (κ2) is 5.00. The van der Waals surface area contributed by atoms with Crippen molar-refractivity contribution in [2.75, 3.05) is 5.73 Å². The van der Waals surface area contributed by atoms with E-state index in [1.807, 2.05) is 24.3 Å². The fraction of sp³-hybridized carbons (Fsp3) is 0.200. The number of anilines is 1.